The standard InChI is InChI=1S/C24H27ClN4O3/c1-27(2)20-9-7-19(8-10-20)26-22-21(17-3-5-18(25)6-4-17)23(30)29(24(22)31)12-11-28-13-15-32-16-14-28/h3-10,26H,11-16H2,1-2H3. The summed E-state index contributed by atoms with van der Waals surface area (Å²) in [5, 5.41) is 3.77. The summed E-state index contributed by atoms with van der Waals surface area (Å²) in [4.78, 5) is 32.2. The second-order valence-electron chi connectivity index (χ2n) is 8.04. The first kappa shape index (κ1) is 22.3. The van der Waals surface area contributed by atoms with Crippen molar-refractivity contribution in [3.63, 3.8) is 0 Å². The highest BCUT2D eigenvalue weighted by Gasteiger charge is 2.39. The second-order valence-corrected chi connectivity index (χ2v) is 8.48. The summed E-state index contributed by atoms with van der Waals surface area (Å²) in [7, 11) is 3.93. The molecule has 168 valence electrons. The number of rotatable bonds is 7. The van der Waals surface area contributed by atoms with Crippen molar-refractivity contribution in [2.45, 2.75) is 0 Å². The average Bonchev–Trinajstić information content (AvgIpc) is 3.03. The van der Waals surface area contributed by atoms with E-state index < -0.39 is 0 Å². The fraction of sp³-hybridized carbons (Fsp3) is 0.333. The van der Waals surface area contributed by atoms with Gasteiger partial charge in [0.15, 0.2) is 0 Å². The molecule has 0 unspecified atom stereocenters. The molecule has 8 heteroatoms. The lowest BCUT2D eigenvalue weighted by Gasteiger charge is -2.28. The van der Waals surface area contributed by atoms with Gasteiger partial charge in [0, 0.05) is 56.7 Å². The van der Waals surface area contributed by atoms with Crippen LogP contribution in [0.4, 0.5) is 11.4 Å². The summed E-state index contributed by atoms with van der Waals surface area (Å²) in [6.45, 7) is 3.91. The Balaban J connectivity index is 1.60. The van der Waals surface area contributed by atoms with Crippen molar-refractivity contribution in [1.29, 1.82) is 0 Å². The molecule has 7 nitrogen and oxygen atoms in total. The molecular formula is C24H27ClN4O3. The lowest BCUT2D eigenvalue weighted by atomic mass is 10.0. The molecule has 0 bridgehead atoms. The van der Waals surface area contributed by atoms with Gasteiger partial charge in [-0.2, -0.15) is 0 Å². The molecule has 4 rings (SSSR count). The number of nitrogens with zero attached hydrogens (tertiary/aromatic N) is 3. The number of ether oxygens (including phenoxy) is 1. The Kier molecular flexibility index (Phi) is 6.79. The van der Waals surface area contributed by atoms with Crippen molar-refractivity contribution in [2.75, 3.05) is 63.7 Å². The first-order valence-electron chi connectivity index (χ1n) is 10.6. The Morgan fingerprint density at radius 3 is 2.22 bits per heavy atom. The summed E-state index contributed by atoms with van der Waals surface area (Å²) in [6, 6.07) is 14.7. The number of carbonyl (C=O) groups excluding carboxylic acids is 2. The number of halogens is 1. The number of imide groups is 1. The maximum absolute atomic E-state index is 13.3. The molecule has 0 saturated carbocycles. The van der Waals surface area contributed by atoms with E-state index in [0.717, 1.165) is 24.5 Å². The smallest absolute Gasteiger partial charge is 0.278 e. The summed E-state index contributed by atoms with van der Waals surface area (Å²) in [5.74, 6) is -0.608. The maximum Gasteiger partial charge on any atom is 0.278 e. The van der Waals surface area contributed by atoms with Crippen molar-refractivity contribution in [3.8, 4) is 0 Å². The minimum atomic E-state index is -0.315. The number of morpholine rings is 1. The topological polar surface area (TPSA) is 65.1 Å². The molecule has 1 N–H and O–H groups in total. The molecule has 2 aliphatic heterocycles. The van der Waals surface area contributed by atoms with Crippen LogP contribution in [-0.2, 0) is 14.3 Å². The highest BCUT2D eigenvalue weighted by atomic mass is 35.5. The minimum Gasteiger partial charge on any atom is -0.379 e. The number of hydrogen-bond acceptors (Lipinski definition) is 6. The van der Waals surface area contributed by atoms with Gasteiger partial charge in [0.25, 0.3) is 11.8 Å². The van der Waals surface area contributed by atoms with Crippen LogP contribution in [0.15, 0.2) is 54.2 Å². The normalized spacial score (nSPS) is 17.3. The van der Waals surface area contributed by atoms with Gasteiger partial charge in [0.1, 0.15) is 5.70 Å². The molecule has 0 radical (unpaired) electrons. The first-order chi connectivity index (χ1) is 15.4. The zero-order valence-corrected chi connectivity index (χ0v) is 19.1. The first-order valence-corrected chi connectivity index (χ1v) is 11.0. The van der Waals surface area contributed by atoms with E-state index in [9.17, 15) is 9.59 Å². The molecule has 2 aliphatic rings. The lowest BCUT2D eigenvalue weighted by molar-refractivity contribution is -0.137. The molecule has 1 saturated heterocycles. The predicted molar refractivity (Wildman–Crippen MR) is 127 cm³/mol. The monoisotopic (exact) mass is 454 g/mol. The van der Waals surface area contributed by atoms with Crippen LogP contribution in [0.3, 0.4) is 0 Å². The third-order valence-electron chi connectivity index (χ3n) is 5.70. The van der Waals surface area contributed by atoms with Crippen molar-refractivity contribution in [1.82, 2.24) is 9.80 Å². The van der Waals surface area contributed by atoms with Crippen LogP contribution in [0.25, 0.3) is 5.57 Å². The second kappa shape index (κ2) is 9.73. The third-order valence-corrected chi connectivity index (χ3v) is 5.95. The molecule has 1 fully saturated rings. The quantitative estimate of drug-likeness (QED) is 0.649. The highest BCUT2D eigenvalue weighted by Crippen LogP contribution is 2.31. The highest BCUT2D eigenvalue weighted by molar-refractivity contribution is 6.36. The number of nitrogens with one attached hydrogen (secondary N) is 1. The average molecular weight is 455 g/mol. The molecule has 2 aromatic carbocycles. The molecule has 0 atom stereocenters. The number of carbonyl (C=O) groups is 2. The van der Waals surface area contributed by atoms with E-state index in [2.05, 4.69) is 10.2 Å². The van der Waals surface area contributed by atoms with Gasteiger partial charge in [-0.25, -0.2) is 0 Å². The molecular weight excluding hydrogens is 428 g/mol. The Hall–Kier alpha value is -2.87. The van der Waals surface area contributed by atoms with Gasteiger partial charge in [0.2, 0.25) is 0 Å². The zero-order chi connectivity index (χ0) is 22.7. The Morgan fingerprint density at radius 2 is 1.59 bits per heavy atom. The summed E-state index contributed by atoms with van der Waals surface area (Å²) < 4.78 is 5.38. The number of anilines is 2. The van der Waals surface area contributed by atoms with Crippen LogP contribution in [0.1, 0.15) is 5.56 Å². The third kappa shape index (κ3) is 4.80. The SMILES string of the molecule is CN(C)c1ccc(NC2=C(c3ccc(Cl)cc3)C(=O)N(CCN3CCOCC3)C2=O)cc1. The van der Waals surface area contributed by atoms with E-state index in [-0.39, 0.29) is 17.5 Å². The van der Waals surface area contributed by atoms with Crippen LogP contribution in [0.5, 0.6) is 0 Å². The van der Waals surface area contributed by atoms with Crippen molar-refractivity contribution >= 4 is 40.4 Å². The van der Waals surface area contributed by atoms with Crippen molar-refractivity contribution in [2.24, 2.45) is 0 Å². The summed E-state index contributed by atoms with van der Waals surface area (Å²) in [6.07, 6.45) is 0. The lowest BCUT2D eigenvalue weighted by Crippen LogP contribution is -2.43. The van der Waals surface area contributed by atoms with E-state index in [1.165, 1.54) is 4.90 Å². The van der Waals surface area contributed by atoms with Gasteiger partial charge >= 0.3 is 0 Å². The number of benzene rings is 2. The van der Waals surface area contributed by atoms with Crippen molar-refractivity contribution < 1.29 is 14.3 Å². The number of amides is 2. The Bertz CT molecular complexity index is 1010. The van der Waals surface area contributed by atoms with E-state index in [0.29, 0.717) is 42.5 Å². The summed E-state index contributed by atoms with van der Waals surface area (Å²) >= 11 is 6.04. The molecule has 2 heterocycles. The van der Waals surface area contributed by atoms with Crippen LogP contribution in [-0.4, -0.2) is 75.1 Å². The molecule has 2 amide bonds. The molecule has 0 aliphatic carbocycles. The van der Waals surface area contributed by atoms with Gasteiger partial charge < -0.3 is 15.0 Å². The van der Waals surface area contributed by atoms with Crippen LogP contribution < -0.4 is 10.2 Å². The molecule has 0 spiro atoms. The van der Waals surface area contributed by atoms with Gasteiger partial charge in [0.05, 0.1) is 18.8 Å². The largest absolute Gasteiger partial charge is 0.379 e. The fourth-order valence-corrected chi connectivity index (χ4v) is 3.96. The molecule has 0 aromatic heterocycles. The van der Waals surface area contributed by atoms with E-state index in [1.54, 1.807) is 24.3 Å². The molecule has 32 heavy (non-hydrogen) atoms. The van der Waals surface area contributed by atoms with Crippen LogP contribution >= 0.6 is 11.6 Å². The molecule has 2 aromatic rings. The fourth-order valence-electron chi connectivity index (χ4n) is 3.83. The van der Waals surface area contributed by atoms with E-state index in [1.807, 2.05) is 43.3 Å². The van der Waals surface area contributed by atoms with Gasteiger partial charge in [-0.1, -0.05) is 23.7 Å². The van der Waals surface area contributed by atoms with Gasteiger partial charge in [-0.15, -0.1) is 0 Å². The zero-order valence-electron chi connectivity index (χ0n) is 18.3. The maximum atomic E-state index is 13.3. The number of hydrogen-bond donors (Lipinski definition) is 1. The Morgan fingerprint density at radius 1 is 0.938 bits per heavy atom. The van der Waals surface area contributed by atoms with E-state index >= 15 is 0 Å². The van der Waals surface area contributed by atoms with E-state index in [4.69, 9.17) is 16.3 Å². The predicted octanol–water partition coefficient (Wildman–Crippen LogP) is 2.93. The van der Waals surface area contributed by atoms with Gasteiger partial charge in [-0.3, -0.25) is 19.4 Å². The Labute approximate surface area is 193 Å². The summed E-state index contributed by atoms with van der Waals surface area (Å²) in [5.41, 5.74) is 3.10. The van der Waals surface area contributed by atoms with Gasteiger partial charge in [-0.05, 0) is 42.0 Å². The van der Waals surface area contributed by atoms with Crippen LogP contribution in [0, 0.1) is 0 Å². The minimum absolute atomic E-state index is 0.289. The van der Waals surface area contributed by atoms with Crippen LogP contribution in [0.2, 0.25) is 5.02 Å². The van der Waals surface area contributed by atoms with Crippen molar-refractivity contribution in [3.05, 3.63) is 64.8 Å².